The third-order valence-electron chi connectivity index (χ3n) is 2.04. The number of amides is 1. The lowest BCUT2D eigenvalue weighted by Gasteiger charge is -2.13. The first-order chi connectivity index (χ1) is 8.74. The fraction of sp³-hybridized carbons (Fsp3) is 0.182. The fourth-order valence-corrected chi connectivity index (χ4v) is 1.29. The van der Waals surface area contributed by atoms with Gasteiger partial charge in [-0.15, -0.1) is 0 Å². The summed E-state index contributed by atoms with van der Waals surface area (Å²) in [6, 6.07) is 4.12. The van der Waals surface area contributed by atoms with E-state index in [1.807, 2.05) is 5.32 Å². The standard InChI is InChI=1S/C11H7F3N2O3/c12-11(13,14)7-3-6(5-15)1-2-8(7)16-9(17)4-10(18)19/h1-3H,4H2,(H,16,17)(H,18,19). The first kappa shape index (κ1) is 14.5. The Labute approximate surface area is 105 Å². The van der Waals surface area contributed by atoms with Crippen molar-refractivity contribution in [2.45, 2.75) is 12.6 Å². The average molecular weight is 272 g/mol. The van der Waals surface area contributed by atoms with Gasteiger partial charge in [-0.1, -0.05) is 0 Å². The van der Waals surface area contributed by atoms with Crippen LogP contribution in [0.2, 0.25) is 0 Å². The van der Waals surface area contributed by atoms with E-state index in [9.17, 15) is 22.8 Å². The van der Waals surface area contributed by atoms with Crippen LogP contribution in [0.25, 0.3) is 0 Å². The maximum atomic E-state index is 12.7. The maximum absolute atomic E-state index is 12.7. The fourth-order valence-electron chi connectivity index (χ4n) is 1.29. The van der Waals surface area contributed by atoms with Crippen molar-refractivity contribution >= 4 is 17.6 Å². The molecule has 100 valence electrons. The number of hydrogen-bond acceptors (Lipinski definition) is 3. The average Bonchev–Trinajstić information content (AvgIpc) is 2.26. The Balaban J connectivity index is 3.11. The number of carbonyl (C=O) groups is 2. The van der Waals surface area contributed by atoms with E-state index < -0.39 is 35.7 Å². The third-order valence-corrected chi connectivity index (χ3v) is 2.04. The molecule has 0 aliphatic rings. The van der Waals surface area contributed by atoms with Gasteiger partial charge >= 0.3 is 12.1 Å². The second-order valence-corrected chi connectivity index (χ2v) is 3.49. The number of nitrogens with one attached hydrogen (secondary N) is 1. The summed E-state index contributed by atoms with van der Waals surface area (Å²) >= 11 is 0. The van der Waals surface area contributed by atoms with Gasteiger partial charge in [0, 0.05) is 0 Å². The van der Waals surface area contributed by atoms with Gasteiger partial charge in [0.1, 0.15) is 6.42 Å². The van der Waals surface area contributed by atoms with Gasteiger partial charge in [-0.25, -0.2) is 0 Å². The van der Waals surface area contributed by atoms with Gasteiger partial charge in [0.15, 0.2) is 0 Å². The Morgan fingerprint density at radius 1 is 1.37 bits per heavy atom. The molecule has 19 heavy (non-hydrogen) atoms. The lowest BCUT2D eigenvalue weighted by molar-refractivity contribution is -0.139. The summed E-state index contributed by atoms with van der Waals surface area (Å²) in [6.45, 7) is 0. The SMILES string of the molecule is N#Cc1ccc(NC(=O)CC(=O)O)c(C(F)(F)F)c1. The number of rotatable bonds is 3. The molecule has 0 fully saturated rings. The number of halogens is 3. The Morgan fingerprint density at radius 3 is 2.47 bits per heavy atom. The number of alkyl halides is 3. The molecule has 0 heterocycles. The minimum absolute atomic E-state index is 0.219. The first-order valence-electron chi connectivity index (χ1n) is 4.87. The molecular formula is C11H7F3N2O3. The molecular weight excluding hydrogens is 265 g/mol. The van der Waals surface area contributed by atoms with Crippen LogP contribution in [-0.4, -0.2) is 17.0 Å². The summed E-state index contributed by atoms with van der Waals surface area (Å²) < 4.78 is 38.1. The minimum atomic E-state index is -4.77. The lowest BCUT2D eigenvalue weighted by atomic mass is 10.1. The van der Waals surface area contributed by atoms with E-state index in [1.165, 1.54) is 0 Å². The van der Waals surface area contributed by atoms with Crippen LogP contribution < -0.4 is 5.32 Å². The van der Waals surface area contributed by atoms with Gasteiger partial charge in [-0.2, -0.15) is 18.4 Å². The molecule has 0 atom stereocenters. The van der Waals surface area contributed by atoms with Crippen LogP contribution in [-0.2, 0) is 15.8 Å². The Kier molecular flexibility index (Phi) is 4.11. The van der Waals surface area contributed by atoms with E-state index in [2.05, 4.69) is 0 Å². The van der Waals surface area contributed by atoms with Gasteiger partial charge in [0.05, 0.1) is 22.9 Å². The van der Waals surface area contributed by atoms with Gasteiger partial charge in [-0.3, -0.25) is 9.59 Å². The van der Waals surface area contributed by atoms with Crippen LogP contribution in [0.15, 0.2) is 18.2 Å². The minimum Gasteiger partial charge on any atom is -0.481 e. The van der Waals surface area contributed by atoms with E-state index >= 15 is 0 Å². The quantitative estimate of drug-likeness (QED) is 0.823. The molecule has 0 bridgehead atoms. The summed E-state index contributed by atoms with van der Waals surface area (Å²) in [5, 5.41) is 18.7. The van der Waals surface area contributed by atoms with Crippen molar-refractivity contribution in [1.29, 1.82) is 5.26 Å². The number of benzene rings is 1. The van der Waals surface area contributed by atoms with Crippen molar-refractivity contribution in [2.24, 2.45) is 0 Å². The zero-order valence-electron chi connectivity index (χ0n) is 9.28. The highest BCUT2D eigenvalue weighted by molar-refractivity contribution is 6.01. The number of hydrogen-bond donors (Lipinski definition) is 2. The molecule has 1 aromatic carbocycles. The van der Waals surface area contributed by atoms with E-state index in [-0.39, 0.29) is 5.56 Å². The van der Waals surface area contributed by atoms with Crippen LogP contribution in [0.4, 0.5) is 18.9 Å². The van der Waals surface area contributed by atoms with Crippen LogP contribution in [0.3, 0.4) is 0 Å². The van der Waals surface area contributed by atoms with Gasteiger partial charge < -0.3 is 10.4 Å². The monoisotopic (exact) mass is 272 g/mol. The molecule has 0 aliphatic heterocycles. The number of carboxylic acid groups (broad SMARTS) is 1. The molecule has 8 heteroatoms. The van der Waals surface area contributed by atoms with Crippen molar-refractivity contribution in [3.05, 3.63) is 29.3 Å². The number of anilines is 1. The molecule has 0 saturated heterocycles. The third kappa shape index (κ3) is 3.99. The predicted octanol–water partition coefficient (Wildman–Crippen LogP) is 1.99. The molecule has 1 amide bonds. The number of nitriles is 1. The van der Waals surface area contributed by atoms with E-state index in [4.69, 9.17) is 10.4 Å². The highest BCUT2D eigenvalue weighted by atomic mass is 19.4. The normalized spacial score (nSPS) is 10.6. The molecule has 0 radical (unpaired) electrons. The second-order valence-electron chi connectivity index (χ2n) is 3.49. The topological polar surface area (TPSA) is 90.2 Å². The maximum Gasteiger partial charge on any atom is 0.418 e. The number of carboxylic acids is 1. The first-order valence-corrected chi connectivity index (χ1v) is 4.87. The highest BCUT2D eigenvalue weighted by Crippen LogP contribution is 2.35. The molecule has 5 nitrogen and oxygen atoms in total. The predicted molar refractivity (Wildman–Crippen MR) is 57.0 cm³/mol. The number of aliphatic carboxylic acids is 1. The smallest absolute Gasteiger partial charge is 0.418 e. The summed E-state index contributed by atoms with van der Waals surface area (Å²) in [5.74, 6) is -2.54. The van der Waals surface area contributed by atoms with Crippen molar-refractivity contribution in [2.75, 3.05) is 5.32 Å². The molecule has 2 N–H and O–H groups in total. The largest absolute Gasteiger partial charge is 0.481 e. The number of carbonyl (C=O) groups excluding carboxylic acids is 1. The Bertz CT molecular complexity index is 561. The van der Waals surface area contributed by atoms with Crippen LogP contribution >= 0.6 is 0 Å². The van der Waals surface area contributed by atoms with E-state index in [0.29, 0.717) is 6.07 Å². The zero-order chi connectivity index (χ0) is 14.6. The van der Waals surface area contributed by atoms with E-state index in [0.717, 1.165) is 12.1 Å². The number of nitrogens with zero attached hydrogens (tertiary/aromatic N) is 1. The van der Waals surface area contributed by atoms with E-state index in [1.54, 1.807) is 6.07 Å². The molecule has 0 spiro atoms. The van der Waals surface area contributed by atoms with Gasteiger partial charge in [0.2, 0.25) is 5.91 Å². The summed E-state index contributed by atoms with van der Waals surface area (Å²) in [6.07, 6.45) is -5.71. The van der Waals surface area contributed by atoms with Crippen LogP contribution in [0.5, 0.6) is 0 Å². The van der Waals surface area contributed by atoms with Crippen LogP contribution in [0, 0.1) is 11.3 Å². The van der Waals surface area contributed by atoms with Crippen molar-refractivity contribution in [3.63, 3.8) is 0 Å². The molecule has 1 rings (SSSR count). The van der Waals surface area contributed by atoms with Crippen molar-refractivity contribution in [3.8, 4) is 6.07 Å². The highest BCUT2D eigenvalue weighted by Gasteiger charge is 2.34. The Morgan fingerprint density at radius 2 is 2.00 bits per heavy atom. The molecule has 0 aliphatic carbocycles. The van der Waals surface area contributed by atoms with Gasteiger partial charge in [0.25, 0.3) is 0 Å². The second kappa shape index (κ2) is 5.39. The molecule has 1 aromatic rings. The summed E-state index contributed by atoms with van der Waals surface area (Å²) in [4.78, 5) is 21.4. The van der Waals surface area contributed by atoms with Crippen LogP contribution in [0.1, 0.15) is 17.5 Å². The molecule has 0 unspecified atom stereocenters. The summed E-state index contributed by atoms with van der Waals surface area (Å²) in [7, 11) is 0. The lowest BCUT2D eigenvalue weighted by Crippen LogP contribution is -2.19. The van der Waals surface area contributed by atoms with Crippen molar-refractivity contribution < 1.29 is 27.9 Å². The summed E-state index contributed by atoms with van der Waals surface area (Å²) in [5.41, 5.74) is -2.01. The van der Waals surface area contributed by atoms with Gasteiger partial charge in [-0.05, 0) is 18.2 Å². The molecule has 0 aromatic heterocycles. The molecule has 0 saturated carbocycles. The zero-order valence-corrected chi connectivity index (χ0v) is 9.28. The van der Waals surface area contributed by atoms with Crippen molar-refractivity contribution in [1.82, 2.24) is 0 Å². The Hall–Kier alpha value is -2.56.